The molecule has 0 aromatic heterocycles. The second kappa shape index (κ2) is 5.58. The van der Waals surface area contributed by atoms with Gasteiger partial charge in [-0.3, -0.25) is 0 Å². The van der Waals surface area contributed by atoms with Crippen LogP contribution in [0.3, 0.4) is 0 Å². The molecule has 1 nitrogen and oxygen atoms in total. The predicted octanol–water partition coefficient (Wildman–Crippen LogP) is 3.29. The van der Waals surface area contributed by atoms with Gasteiger partial charge < -0.3 is 5.32 Å². The minimum Gasteiger partial charge on any atom is -0.314 e. The molecule has 0 spiro atoms. The van der Waals surface area contributed by atoms with Crippen molar-refractivity contribution in [1.82, 2.24) is 5.32 Å². The maximum Gasteiger partial charge on any atom is 0.126 e. The number of nitrogens with one attached hydrogen (secondary N) is 1. The van der Waals surface area contributed by atoms with Crippen molar-refractivity contribution in [2.75, 3.05) is 6.54 Å². The van der Waals surface area contributed by atoms with Gasteiger partial charge in [-0.2, -0.15) is 0 Å². The van der Waals surface area contributed by atoms with Gasteiger partial charge in [-0.25, -0.2) is 8.78 Å². The van der Waals surface area contributed by atoms with E-state index >= 15 is 0 Å². The van der Waals surface area contributed by atoms with E-state index in [0.29, 0.717) is 12.0 Å². The van der Waals surface area contributed by atoms with Crippen LogP contribution < -0.4 is 5.32 Å². The zero-order chi connectivity index (χ0) is 12.3. The fraction of sp³-hybridized carbons (Fsp3) is 0.571. The Hall–Kier alpha value is -0.960. The van der Waals surface area contributed by atoms with Crippen LogP contribution in [0.1, 0.15) is 31.7 Å². The zero-order valence-electron chi connectivity index (χ0n) is 10.2. The van der Waals surface area contributed by atoms with Crippen molar-refractivity contribution < 1.29 is 8.78 Å². The first-order chi connectivity index (χ1) is 8.19. The summed E-state index contributed by atoms with van der Waals surface area (Å²) in [6.45, 7) is 3.18. The number of halogens is 2. The van der Waals surface area contributed by atoms with E-state index in [1.165, 1.54) is 31.0 Å². The third-order valence-electron chi connectivity index (χ3n) is 3.65. The summed E-state index contributed by atoms with van der Waals surface area (Å²) in [5, 5.41) is 3.39. The Kier molecular flexibility index (Phi) is 4.11. The number of piperidine rings is 1. The van der Waals surface area contributed by atoms with Crippen molar-refractivity contribution in [3.8, 4) is 0 Å². The maximum absolute atomic E-state index is 13.5. The molecule has 2 rings (SSSR count). The molecule has 3 heteroatoms. The molecule has 94 valence electrons. The van der Waals surface area contributed by atoms with Gasteiger partial charge in [0.2, 0.25) is 0 Å². The van der Waals surface area contributed by atoms with E-state index in [0.717, 1.165) is 18.9 Å². The molecule has 1 heterocycles. The number of hydrogen-bond donors (Lipinski definition) is 1. The molecule has 2 unspecified atom stereocenters. The van der Waals surface area contributed by atoms with Gasteiger partial charge in [-0.15, -0.1) is 0 Å². The first-order valence-corrected chi connectivity index (χ1v) is 6.36. The SMILES string of the molecule is CCC1CCNC(Cc2cc(F)ccc2F)C1. The predicted molar refractivity (Wildman–Crippen MR) is 64.9 cm³/mol. The van der Waals surface area contributed by atoms with Crippen LogP contribution in [-0.2, 0) is 6.42 Å². The summed E-state index contributed by atoms with van der Waals surface area (Å²) >= 11 is 0. The van der Waals surface area contributed by atoms with Crippen molar-refractivity contribution in [2.45, 2.75) is 38.6 Å². The molecule has 0 radical (unpaired) electrons. The maximum atomic E-state index is 13.5. The lowest BCUT2D eigenvalue weighted by atomic mass is 9.87. The van der Waals surface area contributed by atoms with Crippen LogP contribution in [0.4, 0.5) is 8.78 Å². The number of rotatable bonds is 3. The van der Waals surface area contributed by atoms with Crippen LogP contribution in [0.15, 0.2) is 18.2 Å². The van der Waals surface area contributed by atoms with Crippen molar-refractivity contribution >= 4 is 0 Å². The molecule has 1 fully saturated rings. The molecule has 17 heavy (non-hydrogen) atoms. The number of hydrogen-bond acceptors (Lipinski definition) is 1. The van der Waals surface area contributed by atoms with Gasteiger partial charge in [0, 0.05) is 6.04 Å². The molecule has 0 saturated carbocycles. The Morgan fingerprint density at radius 2 is 2.18 bits per heavy atom. The fourth-order valence-electron chi connectivity index (χ4n) is 2.59. The van der Waals surface area contributed by atoms with Crippen LogP contribution in [0.5, 0.6) is 0 Å². The normalized spacial score (nSPS) is 24.9. The standard InChI is InChI=1S/C14H19F2N/c1-2-10-5-6-17-13(7-10)9-11-8-12(15)3-4-14(11)16/h3-4,8,10,13,17H,2,5-7,9H2,1H3. The van der Waals surface area contributed by atoms with Gasteiger partial charge in [0.15, 0.2) is 0 Å². The third kappa shape index (κ3) is 3.25. The molecule has 1 saturated heterocycles. The van der Waals surface area contributed by atoms with Gasteiger partial charge in [-0.05, 0) is 55.5 Å². The largest absolute Gasteiger partial charge is 0.314 e. The van der Waals surface area contributed by atoms with Crippen molar-refractivity contribution in [3.05, 3.63) is 35.4 Å². The highest BCUT2D eigenvalue weighted by molar-refractivity contribution is 5.20. The van der Waals surface area contributed by atoms with Gasteiger partial charge in [0.1, 0.15) is 11.6 Å². The van der Waals surface area contributed by atoms with Crippen molar-refractivity contribution in [1.29, 1.82) is 0 Å². The van der Waals surface area contributed by atoms with Crippen molar-refractivity contribution in [3.63, 3.8) is 0 Å². The smallest absolute Gasteiger partial charge is 0.126 e. The van der Waals surface area contributed by atoms with Crippen LogP contribution in [0.2, 0.25) is 0 Å². The monoisotopic (exact) mass is 239 g/mol. The van der Waals surface area contributed by atoms with E-state index in [-0.39, 0.29) is 17.7 Å². The van der Waals surface area contributed by atoms with Gasteiger partial charge in [-0.1, -0.05) is 13.3 Å². The summed E-state index contributed by atoms with van der Waals surface area (Å²) in [6, 6.07) is 3.98. The second-order valence-electron chi connectivity index (χ2n) is 4.89. The van der Waals surface area contributed by atoms with E-state index in [9.17, 15) is 8.78 Å². The lowest BCUT2D eigenvalue weighted by Gasteiger charge is -2.30. The van der Waals surface area contributed by atoms with E-state index in [2.05, 4.69) is 12.2 Å². The van der Waals surface area contributed by atoms with E-state index < -0.39 is 0 Å². The third-order valence-corrected chi connectivity index (χ3v) is 3.65. The van der Waals surface area contributed by atoms with E-state index in [1.807, 2.05) is 0 Å². The summed E-state index contributed by atoms with van der Waals surface area (Å²) in [6.07, 6.45) is 4.01. The lowest BCUT2D eigenvalue weighted by molar-refractivity contribution is 0.292. The van der Waals surface area contributed by atoms with Gasteiger partial charge in [0.05, 0.1) is 0 Å². The van der Waals surface area contributed by atoms with Gasteiger partial charge in [0.25, 0.3) is 0 Å². The number of benzene rings is 1. The van der Waals surface area contributed by atoms with Crippen LogP contribution in [-0.4, -0.2) is 12.6 Å². The summed E-state index contributed by atoms with van der Waals surface area (Å²) in [5.41, 5.74) is 0.485. The first kappa shape index (κ1) is 12.5. The highest BCUT2D eigenvalue weighted by Crippen LogP contribution is 2.22. The Bertz CT molecular complexity index is 378. The zero-order valence-corrected chi connectivity index (χ0v) is 10.2. The molecule has 0 amide bonds. The minimum atomic E-state index is -0.357. The van der Waals surface area contributed by atoms with Crippen LogP contribution >= 0.6 is 0 Å². The molecule has 1 aromatic carbocycles. The van der Waals surface area contributed by atoms with E-state index in [1.54, 1.807) is 0 Å². The van der Waals surface area contributed by atoms with Crippen LogP contribution in [0, 0.1) is 17.6 Å². The molecule has 2 atom stereocenters. The highest BCUT2D eigenvalue weighted by atomic mass is 19.1. The Labute approximate surface area is 101 Å². The first-order valence-electron chi connectivity index (χ1n) is 6.36. The lowest BCUT2D eigenvalue weighted by Crippen LogP contribution is -2.39. The van der Waals surface area contributed by atoms with Gasteiger partial charge >= 0.3 is 0 Å². The molecule has 1 aromatic rings. The fourth-order valence-corrected chi connectivity index (χ4v) is 2.59. The molecular weight excluding hydrogens is 220 g/mol. The molecular formula is C14H19F2N. The van der Waals surface area contributed by atoms with E-state index in [4.69, 9.17) is 0 Å². The Morgan fingerprint density at radius 1 is 1.35 bits per heavy atom. The second-order valence-corrected chi connectivity index (χ2v) is 4.89. The molecule has 1 aliphatic rings. The highest BCUT2D eigenvalue weighted by Gasteiger charge is 2.21. The average molecular weight is 239 g/mol. The quantitative estimate of drug-likeness (QED) is 0.853. The summed E-state index contributed by atoms with van der Waals surface area (Å²) in [4.78, 5) is 0. The van der Waals surface area contributed by atoms with Crippen LogP contribution in [0.25, 0.3) is 0 Å². The molecule has 0 bridgehead atoms. The summed E-state index contributed by atoms with van der Waals surface area (Å²) < 4.78 is 26.6. The molecule has 1 aliphatic heterocycles. The topological polar surface area (TPSA) is 12.0 Å². The summed E-state index contributed by atoms with van der Waals surface area (Å²) in [7, 11) is 0. The summed E-state index contributed by atoms with van der Waals surface area (Å²) in [5.74, 6) is 0.0638. The Morgan fingerprint density at radius 3 is 2.94 bits per heavy atom. The minimum absolute atomic E-state index is 0.282. The molecule has 0 aliphatic carbocycles. The molecule has 1 N–H and O–H groups in total. The van der Waals surface area contributed by atoms with Crippen molar-refractivity contribution in [2.24, 2.45) is 5.92 Å². The Balaban J connectivity index is 2.02. The average Bonchev–Trinajstić information content (AvgIpc) is 2.34.